The Labute approximate surface area is 135 Å². The van der Waals surface area contributed by atoms with Crippen LogP contribution in [-0.2, 0) is 6.42 Å². The maximum Gasteiger partial charge on any atom is 0.335 e. The Morgan fingerprint density at radius 3 is 2.39 bits per heavy atom. The van der Waals surface area contributed by atoms with Crippen LogP contribution in [-0.4, -0.2) is 23.0 Å². The van der Waals surface area contributed by atoms with E-state index in [1.165, 1.54) is 17.7 Å². The van der Waals surface area contributed by atoms with Crippen LogP contribution >= 0.6 is 0 Å². The van der Waals surface area contributed by atoms with E-state index in [1.807, 2.05) is 18.2 Å². The highest BCUT2D eigenvalue weighted by molar-refractivity contribution is 5.97. The molecule has 0 radical (unpaired) electrons. The minimum absolute atomic E-state index is 0.0957. The zero-order valence-corrected chi connectivity index (χ0v) is 12.7. The molecule has 0 spiro atoms. The second-order valence-corrected chi connectivity index (χ2v) is 5.99. The maximum absolute atomic E-state index is 12.4. The van der Waals surface area contributed by atoms with Gasteiger partial charge in [-0.05, 0) is 48.9 Å². The molecule has 4 nitrogen and oxygen atoms in total. The number of amides is 1. The summed E-state index contributed by atoms with van der Waals surface area (Å²) in [6.45, 7) is 0. The molecule has 3 rings (SSSR count). The van der Waals surface area contributed by atoms with Gasteiger partial charge in [0.15, 0.2) is 0 Å². The van der Waals surface area contributed by atoms with Crippen molar-refractivity contribution in [2.45, 2.75) is 25.3 Å². The van der Waals surface area contributed by atoms with E-state index in [1.54, 1.807) is 12.1 Å². The fourth-order valence-corrected chi connectivity index (χ4v) is 2.75. The van der Waals surface area contributed by atoms with Gasteiger partial charge in [-0.3, -0.25) is 4.79 Å². The Bertz CT molecular complexity index is 708. The fraction of sp³-hybridized carbons (Fsp3) is 0.263. The van der Waals surface area contributed by atoms with Gasteiger partial charge in [0.1, 0.15) is 0 Å². The lowest BCUT2D eigenvalue weighted by Crippen LogP contribution is -2.38. The van der Waals surface area contributed by atoms with E-state index in [-0.39, 0.29) is 17.5 Å². The van der Waals surface area contributed by atoms with Gasteiger partial charge >= 0.3 is 5.97 Å². The Hall–Kier alpha value is -2.62. The van der Waals surface area contributed by atoms with Gasteiger partial charge in [0, 0.05) is 11.6 Å². The molecular formula is C19H19NO3. The second kappa shape index (κ2) is 6.65. The van der Waals surface area contributed by atoms with Crippen LogP contribution in [0.1, 0.15) is 39.1 Å². The summed E-state index contributed by atoms with van der Waals surface area (Å²) >= 11 is 0. The first-order chi connectivity index (χ1) is 11.1. The van der Waals surface area contributed by atoms with Crippen molar-refractivity contribution in [2.24, 2.45) is 5.92 Å². The molecule has 1 unspecified atom stereocenters. The third-order valence-corrected chi connectivity index (χ3v) is 4.18. The van der Waals surface area contributed by atoms with Crippen molar-refractivity contribution in [3.8, 4) is 0 Å². The molecule has 1 aliphatic carbocycles. The Balaban J connectivity index is 1.71. The van der Waals surface area contributed by atoms with Gasteiger partial charge in [-0.1, -0.05) is 36.4 Å². The van der Waals surface area contributed by atoms with Crippen molar-refractivity contribution >= 4 is 11.9 Å². The number of carbonyl (C=O) groups excluding carboxylic acids is 1. The number of hydrogen-bond acceptors (Lipinski definition) is 2. The first-order valence-electron chi connectivity index (χ1n) is 7.81. The van der Waals surface area contributed by atoms with E-state index in [2.05, 4.69) is 17.4 Å². The minimum Gasteiger partial charge on any atom is -0.478 e. The van der Waals surface area contributed by atoms with Gasteiger partial charge in [0.05, 0.1) is 5.56 Å². The van der Waals surface area contributed by atoms with E-state index in [0.717, 1.165) is 19.3 Å². The molecule has 1 atom stereocenters. The highest BCUT2D eigenvalue weighted by Gasteiger charge is 2.32. The fourth-order valence-electron chi connectivity index (χ4n) is 2.75. The van der Waals surface area contributed by atoms with E-state index in [0.29, 0.717) is 11.5 Å². The Kier molecular flexibility index (Phi) is 4.42. The highest BCUT2D eigenvalue weighted by atomic mass is 16.4. The molecule has 2 aromatic carbocycles. The number of carboxylic acid groups (broad SMARTS) is 1. The lowest BCUT2D eigenvalue weighted by atomic mass is 10.0. The summed E-state index contributed by atoms with van der Waals surface area (Å²) in [5.41, 5.74) is 1.72. The van der Waals surface area contributed by atoms with Gasteiger partial charge in [0.2, 0.25) is 0 Å². The molecule has 2 N–H and O–H groups in total. The number of rotatable bonds is 6. The van der Waals surface area contributed by atoms with Crippen molar-refractivity contribution in [3.05, 3.63) is 71.3 Å². The van der Waals surface area contributed by atoms with Crippen LogP contribution in [0.5, 0.6) is 0 Å². The number of aromatic carboxylic acids is 1. The van der Waals surface area contributed by atoms with Crippen LogP contribution in [0, 0.1) is 5.92 Å². The molecule has 1 saturated carbocycles. The normalized spacial score (nSPS) is 15.0. The van der Waals surface area contributed by atoms with Gasteiger partial charge in [0.25, 0.3) is 5.91 Å². The smallest absolute Gasteiger partial charge is 0.335 e. The van der Waals surface area contributed by atoms with Crippen molar-refractivity contribution in [3.63, 3.8) is 0 Å². The summed E-state index contributed by atoms with van der Waals surface area (Å²) in [6, 6.07) is 16.3. The topological polar surface area (TPSA) is 66.4 Å². The molecule has 23 heavy (non-hydrogen) atoms. The average Bonchev–Trinajstić information content (AvgIpc) is 3.40. The molecule has 0 heterocycles. The third kappa shape index (κ3) is 3.97. The number of hydrogen-bond donors (Lipinski definition) is 2. The molecule has 1 amide bonds. The third-order valence-electron chi connectivity index (χ3n) is 4.18. The van der Waals surface area contributed by atoms with Crippen molar-refractivity contribution in [1.29, 1.82) is 0 Å². The standard InChI is InChI=1S/C19H19NO3/c21-18(15-7-4-8-16(12-15)19(22)23)20-17(14-9-10-14)11-13-5-2-1-3-6-13/h1-8,12,14,17H,9-11H2,(H,20,21)(H,22,23). The number of nitrogens with one attached hydrogen (secondary N) is 1. The van der Waals surface area contributed by atoms with Crippen molar-refractivity contribution < 1.29 is 14.7 Å². The predicted octanol–water partition coefficient (Wildman–Crippen LogP) is 3.14. The van der Waals surface area contributed by atoms with E-state index < -0.39 is 5.97 Å². The molecule has 1 aliphatic rings. The van der Waals surface area contributed by atoms with Crippen LogP contribution < -0.4 is 5.32 Å². The van der Waals surface area contributed by atoms with E-state index >= 15 is 0 Å². The van der Waals surface area contributed by atoms with Crippen LogP contribution in [0.2, 0.25) is 0 Å². The molecule has 0 bridgehead atoms. The quantitative estimate of drug-likeness (QED) is 0.861. The summed E-state index contributed by atoms with van der Waals surface area (Å²) in [5, 5.41) is 12.1. The van der Waals surface area contributed by atoms with Crippen LogP contribution in [0.25, 0.3) is 0 Å². The lowest BCUT2D eigenvalue weighted by Gasteiger charge is -2.18. The molecule has 0 aliphatic heterocycles. The van der Waals surface area contributed by atoms with E-state index in [9.17, 15) is 9.59 Å². The minimum atomic E-state index is -1.03. The van der Waals surface area contributed by atoms with Gasteiger partial charge in [-0.2, -0.15) is 0 Å². The number of carboxylic acids is 1. The Morgan fingerprint density at radius 1 is 1.04 bits per heavy atom. The molecule has 118 valence electrons. The summed E-state index contributed by atoms with van der Waals surface area (Å²) in [4.78, 5) is 23.5. The first kappa shape index (κ1) is 15.3. The molecule has 4 heteroatoms. The second-order valence-electron chi connectivity index (χ2n) is 5.99. The summed E-state index contributed by atoms with van der Waals surface area (Å²) in [5.74, 6) is -0.717. The first-order valence-corrected chi connectivity index (χ1v) is 7.81. The lowest BCUT2D eigenvalue weighted by molar-refractivity contribution is 0.0697. The molecule has 0 aromatic heterocycles. The monoisotopic (exact) mass is 309 g/mol. The molecular weight excluding hydrogens is 290 g/mol. The highest BCUT2D eigenvalue weighted by Crippen LogP contribution is 2.34. The van der Waals surface area contributed by atoms with Crippen molar-refractivity contribution in [2.75, 3.05) is 0 Å². The zero-order chi connectivity index (χ0) is 16.2. The zero-order valence-electron chi connectivity index (χ0n) is 12.7. The molecule has 0 saturated heterocycles. The summed E-state index contributed by atoms with van der Waals surface area (Å²) in [7, 11) is 0. The number of carbonyl (C=O) groups is 2. The number of benzene rings is 2. The van der Waals surface area contributed by atoms with Gasteiger partial charge in [-0.15, -0.1) is 0 Å². The van der Waals surface area contributed by atoms with Crippen LogP contribution in [0.4, 0.5) is 0 Å². The summed E-state index contributed by atoms with van der Waals surface area (Å²) < 4.78 is 0. The largest absolute Gasteiger partial charge is 0.478 e. The SMILES string of the molecule is O=C(O)c1cccc(C(=O)NC(Cc2ccccc2)C2CC2)c1. The van der Waals surface area contributed by atoms with Crippen LogP contribution in [0.15, 0.2) is 54.6 Å². The van der Waals surface area contributed by atoms with E-state index in [4.69, 9.17) is 5.11 Å². The predicted molar refractivity (Wildman–Crippen MR) is 87.5 cm³/mol. The maximum atomic E-state index is 12.4. The van der Waals surface area contributed by atoms with Crippen LogP contribution in [0.3, 0.4) is 0 Å². The molecule has 2 aromatic rings. The van der Waals surface area contributed by atoms with Crippen molar-refractivity contribution in [1.82, 2.24) is 5.32 Å². The average molecular weight is 309 g/mol. The van der Waals surface area contributed by atoms with Gasteiger partial charge < -0.3 is 10.4 Å². The Morgan fingerprint density at radius 2 is 1.74 bits per heavy atom. The summed E-state index contributed by atoms with van der Waals surface area (Å²) in [6.07, 6.45) is 3.07. The molecule has 1 fully saturated rings. The van der Waals surface area contributed by atoms with Gasteiger partial charge in [-0.25, -0.2) is 4.79 Å².